The number of hydrogen-bond acceptors (Lipinski definition) is 8. The monoisotopic (exact) mass is 516 g/mol. The van der Waals surface area contributed by atoms with E-state index < -0.39 is 0 Å². The number of fused-ring (bicyclic) bond motifs is 2. The van der Waals surface area contributed by atoms with Crippen molar-refractivity contribution in [3.8, 4) is 11.5 Å². The molecule has 6 rings (SSSR count). The number of nitrogens with zero attached hydrogens (tertiary/aromatic N) is 5. The Bertz CT molecular complexity index is 1610. The summed E-state index contributed by atoms with van der Waals surface area (Å²) in [7, 11) is 0. The quantitative estimate of drug-likeness (QED) is 0.311. The molecular weight excluding hydrogens is 491 g/mol. The molecule has 1 atom stereocenters. The molecule has 0 radical (unpaired) electrons. The minimum absolute atomic E-state index is 0.152. The van der Waals surface area contributed by atoms with Crippen molar-refractivity contribution in [2.75, 3.05) is 6.79 Å². The van der Waals surface area contributed by atoms with Crippen LogP contribution in [-0.4, -0.2) is 36.9 Å². The van der Waals surface area contributed by atoms with Gasteiger partial charge in [-0.1, -0.05) is 19.1 Å². The molecule has 0 aliphatic carbocycles. The topological polar surface area (TPSA) is 111 Å². The maximum atomic E-state index is 13.6. The summed E-state index contributed by atoms with van der Waals surface area (Å²) in [4.78, 5) is 18.3. The first-order valence-corrected chi connectivity index (χ1v) is 12.3. The van der Waals surface area contributed by atoms with Gasteiger partial charge in [-0.3, -0.25) is 9.69 Å². The molecule has 0 bridgehead atoms. The van der Waals surface area contributed by atoms with Crippen molar-refractivity contribution < 1.29 is 18.3 Å². The molecule has 1 unspecified atom stereocenters. The number of pyridine rings is 1. The molecule has 1 N–H and O–H groups in total. The van der Waals surface area contributed by atoms with Crippen LogP contribution < -0.4 is 15.0 Å². The lowest BCUT2D eigenvalue weighted by Gasteiger charge is -2.30. The van der Waals surface area contributed by atoms with Crippen LogP contribution in [0.4, 0.5) is 4.39 Å². The third kappa shape index (κ3) is 4.75. The molecule has 10 nitrogen and oxygen atoms in total. The first-order valence-electron chi connectivity index (χ1n) is 12.3. The summed E-state index contributed by atoms with van der Waals surface area (Å²) in [6.45, 7) is 3.33. The zero-order valence-electron chi connectivity index (χ0n) is 20.6. The normalized spacial score (nSPS) is 13.4. The van der Waals surface area contributed by atoms with E-state index in [0.29, 0.717) is 54.5 Å². The van der Waals surface area contributed by atoms with Crippen molar-refractivity contribution in [1.82, 2.24) is 30.1 Å². The molecule has 4 heterocycles. The van der Waals surface area contributed by atoms with Crippen LogP contribution in [0.15, 0.2) is 70.1 Å². The van der Waals surface area contributed by atoms with Crippen LogP contribution >= 0.6 is 0 Å². The number of halogens is 1. The Morgan fingerprint density at radius 2 is 1.92 bits per heavy atom. The number of nitrogens with one attached hydrogen (secondary N) is 1. The van der Waals surface area contributed by atoms with E-state index in [1.807, 2.05) is 31.2 Å². The predicted molar refractivity (Wildman–Crippen MR) is 135 cm³/mol. The zero-order valence-corrected chi connectivity index (χ0v) is 20.6. The molecular formula is C27H25FN6O4. The Hall–Kier alpha value is -4.51. The predicted octanol–water partition coefficient (Wildman–Crippen LogP) is 4.18. The van der Waals surface area contributed by atoms with Crippen LogP contribution in [0, 0.1) is 5.82 Å². The van der Waals surface area contributed by atoms with E-state index in [1.165, 1.54) is 12.1 Å². The minimum atomic E-state index is -0.306. The highest BCUT2D eigenvalue weighted by molar-refractivity contribution is 5.83. The molecule has 1 aliphatic heterocycles. The fraction of sp³-hybridized carbons (Fsp3) is 0.259. The van der Waals surface area contributed by atoms with Crippen molar-refractivity contribution in [1.29, 1.82) is 0 Å². The molecule has 5 aromatic rings. The lowest BCUT2D eigenvalue weighted by molar-refractivity contribution is 0.161. The van der Waals surface area contributed by atoms with Gasteiger partial charge in [0.1, 0.15) is 18.1 Å². The van der Waals surface area contributed by atoms with Crippen LogP contribution in [0.1, 0.15) is 42.1 Å². The Morgan fingerprint density at radius 1 is 1.11 bits per heavy atom. The maximum Gasteiger partial charge on any atom is 0.252 e. The number of rotatable bonds is 9. The van der Waals surface area contributed by atoms with E-state index in [1.54, 1.807) is 29.1 Å². The molecule has 194 valence electrons. The van der Waals surface area contributed by atoms with Crippen molar-refractivity contribution >= 4 is 10.9 Å². The van der Waals surface area contributed by atoms with Crippen LogP contribution in [0.2, 0.25) is 0 Å². The Morgan fingerprint density at radius 3 is 2.68 bits per heavy atom. The summed E-state index contributed by atoms with van der Waals surface area (Å²) >= 11 is 0. The van der Waals surface area contributed by atoms with E-state index in [-0.39, 0.29) is 24.2 Å². The molecule has 0 amide bonds. The minimum Gasteiger partial charge on any atom is -0.467 e. The van der Waals surface area contributed by atoms with Gasteiger partial charge in [-0.25, -0.2) is 9.07 Å². The van der Waals surface area contributed by atoms with E-state index in [4.69, 9.17) is 13.9 Å². The average molecular weight is 517 g/mol. The van der Waals surface area contributed by atoms with Gasteiger partial charge in [-0.05, 0) is 58.8 Å². The number of ether oxygens (including phenoxy) is 2. The summed E-state index contributed by atoms with van der Waals surface area (Å²) in [5, 5.41) is 13.3. The molecule has 0 fully saturated rings. The summed E-state index contributed by atoms with van der Waals surface area (Å²) in [6.07, 6.45) is 2.28. The average Bonchev–Trinajstić information content (AvgIpc) is 3.68. The van der Waals surface area contributed by atoms with Crippen molar-refractivity contribution in [3.63, 3.8) is 0 Å². The Kier molecular flexibility index (Phi) is 6.34. The molecule has 0 saturated heterocycles. The van der Waals surface area contributed by atoms with Gasteiger partial charge < -0.3 is 18.9 Å². The second-order valence-electron chi connectivity index (χ2n) is 9.15. The van der Waals surface area contributed by atoms with Gasteiger partial charge in [0.2, 0.25) is 6.79 Å². The Labute approximate surface area is 216 Å². The molecule has 38 heavy (non-hydrogen) atoms. The van der Waals surface area contributed by atoms with Gasteiger partial charge >= 0.3 is 0 Å². The largest absolute Gasteiger partial charge is 0.467 e. The fourth-order valence-electron chi connectivity index (χ4n) is 4.80. The van der Waals surface area contributed by atoms with Gasteiger partial charge in [0.25, 0.3) is 5.56 Å². The number of benzene rings is 2. The van der Waals surface area contributed by atoms with Crippen LogP contribution in [0.25, 0.3) is 10.9 Å². The van der Waals surface area contributed by atoms with E-state index in [9.17, 15) is 9.18 Å². The Balaban J connectivity index is 1.37. The molecule has 3 aromatic heterocycles. The molecule has 1 aliphatic rings. The molecule has 0 saturated carbocycles. The van der Waals surface area contributed by atoms with Gasteiger partial charge in [0.05, 0.1) is 17.8 Å². The number of aromatic amines is 1. The first kappa shape index (κ1) is 23.9. The second kappa shape index (κ2) is 10.1. The van der Waals surface area contributed by atoms with Crippen molar-refractivity contribution in [2.24, 2.45) is 0 Å². The number of hydrogen-bond donors (Lipinski definition) is 1. The van der Waals surface area contributed by atoms with Gasteiger partial charge in [-0.15, -0.1) is 5.10 Å². The molecule has 2 aromatic carbocycles. The molecule has 11 heteroatoms. The van der Waals surface area contributed by atoms with Crippen LogP contribution in [0.5, 0.6) is 11.5 Å². The van der Waals surface area contributed by atoms with Gasteiger partial charge in [0, 0.05) is 30.1 Å². The number of H-pyrrole nitrogens is 1. The van der Waals surface area contributed by atoms with Crippen molar-refractivity contribution in [2.45, 2.75) is 39.0 Å². The highest BCUT2D eigenvalue weighted by Crippen LogP contribution is 2.35. The lowest BCUT2D eigenvalue weighted by atomic mass is 10.1. The fourth-order valence-corrected chi connectivity index (χ4v) is 4.80. The van der Waals surface area contributed by atoms with E-state index in [2.05, 4.69) is 25.4 Å². The van der Waals surface area contributed by atoms with Gasteiger partial charge in [-0.2, -0.15) is 0 Å². The second-order valence-corrected chi connectivity index (χ2v) is 9.15. The number of tetrazole rings is 1. The standard InChI is InChI=1S/C27H25FN6O4/c1-2-23(26-30-31-32-34(26)15-21-4-3-9-36-21)33(13-17-5-7-20(28)8-6-17)14-19-10-18-11-24-25(38-16-37-24)12-22(18)29-27(19)35/h3-12,23H,2,13-16H2,1H3,(H,29,35). The summed E-state index contributed by atoms with van der Waals surface area (Å²) in [5.74, 6) is 2.31. The van der Waals surface area contributed by atoms with E-state index in [0.717, 1.165) is 16.7 Å². The first-order chi connectivity index (χ1) is 18.6. The maximum absolute atomic E-state index is 13.6. The third-order valence-electron chi connectivity index (χ3n) is 6.66. The SMILES string of the molecule is CCC(c1nnnn1Cc1ccco1)N(Cc1ccc(F)cc1)Cc1cc2cc3c(cc2[nH]c1=O)OCO3. The van der Waals surface area contributed by atoms with Gasteiger partial charge in [0.15, 0.2) is 17.3 Å². The molecule has 0 spiro atoms. The van der Waals surface area contributed by atoms with E-state index >= 15 is 0 Å². The lowest BCUT2D eigenvalue weighted by Crippen LogP contribution is -2.32. The summed E-state index contributed by atoms with van der Waals surface area (Å²) < 4.78 is 31.8. The number of furan rings is 1. The highest BCUT2D eigenvalue weighted by atomic mass is 19.1. The third-order valence-corrected chi connectivity index (χ3v) is 6.66. The van der Waals surface area contributed by atoms with Crippen LogP contribution in [0.3, 0.4) is 0 Å². The smallest absolute Gasteiger partial charge is 0.252 e. The van der Waals surface area contributed by atoms with Crippen LogP contribution in [-0.2, 0) is 19.6 Å². The summed E-state index contributed by atoms with van der Waals surface area (Å²) in [6, 6.07) is 15.3. The van der Waals surface area contributed by atoms with Crippen molar-refractivity contribution in [3.05, 3.63) is 99.7 Å². The summed E-state index contributed by atoms with van der Waals surface area (Å²) in [5.41, 5.74) is 1.94. The number of aromatic nitrogens is 5. The highest BCUT2D eigenvalue weighted by Gasteiger charge is 2.27. The zero-order chi connectivity index (χ0) is 26.1.